The molecule has 3 heterocycles. The van der Waals surface area contributed by atoms with Crippen LogP contribution in [0.4, 0.5) is 26.3 Å². The Morgan fingerprint density at radius 2 is 1.75 bits per heavy atom. The van der Waals surface area contributed by atoms with Crippen LogP contribution >= 0.6 is 11.3 Å². The summed E-state index contributed by atoms with van der Waals surface area (Å²) in [7, 11) is 0. The normalized spacial score (nSPS) is 15.3. The Morgan fingerprint density at radius 1 is 1.09 bits per heavy atom. The first-order valence-electron chi connectivity index (χ1n) is 9.26. The number of amides is 2. The van der Waals surface area contributed by atoms with Crippen molar-refractivity contribution in [1.82, 2.24) is 19.4 Å². The summed E-state index contributed by atoms with van der Waals surface area (Å²) in [6.45, 7) is -0.768. The lowest BCUT2D eigenvalue weighted by molar-refractivity contribution is -0.137. The van der Waals surface area contributed by atoms with Gasteiger partial charge in [0.05, 0.1) is 23.9 Å². The molecule has 0 atom stereocenters. The number of thiophene rings is 1. The number of hydrogen-bond donors (Lipinski definition) is 1. The molecule has 1 aliphatic heterocycles. The molecule has 1 aliphatic rings. The van der Waals surface area contributed by atoms with E-state index < -0.39 is 75.6 Å². The maximum Gasteiger partial charge on any atom is 0.418 e. The molecule has 2 aromatic rings. The fourth-order valence-electron chi connectivity index (χ4n) is 3.35. The summed E-state index contributed by atoms with van der Waals surface area (Å²) in [6.07, 6.45) is -11.5. The number of piperazine rings is 1. The standard InChI is InChI=1S/C17H16F6N4O4S/c1-2-26-12(29)9-10(17(21,22)23)11(13(30)25-6-4-24-8(28)7-25)32-14(9)27(15(26)31)5-3-16(18,19)20/h2-7H2,1H3,(H,24,28). The van der Waals surface area contributed by atoms with Crippen molar-refractivity contribution in [2.75, 3.05) is 19.6 Å². The molecule has 0 aliphatic carbocycles. The number of carbonyl (C=O) groups is 2. The zero-order valence-electron chi connectivity index (χ0n) is 16.4. The highest BCUT2D eigenvalue weighted by molar-refractivity contribution is 7.20. The average Bonchev–Trinajstić information content (AvgIpc) is 3.08. The van der Waals surface area contributed by atoms with Gasteiger partial charge in [-0.3, -0.25) is 23.5 Å². The monoisotopic (exact) mass is 486 g/mol. The molecule has 2 aromatic heterocycles. The van der Waals surface area contributed by atoms with E-state index in [-0.39, 0.29) is 31.0 Å². The van der Waals surface area contributed by atoms with Gasteiger partial charge in [-0.15, -0.1) is 11.3 Å². The lowest BCUT2D eigenvalue weighted by Crippen LogP contribution is -2.50. The number of fused-ring (bicyclic) bond motifs is 1. The van der Waals surface area contributed by atoms with Crippen LogP contribution in [0.3, 0.4) is 0 Å². The summed E-state index contributed by atoms with van der Waals surface area (Å²) >= 11 is 0.118. The van der Waals surface area contributed by atoms with Crippen LogP contribution < -0.4 is 16.6 Å². The van der Waals surface area contributed by atoms with Gasteiger partial charge >= 0.3 is 18.0 Å². The van der Waals surface area contributed by atoms with Gasteiger partial charge in [-0.25, -0.2) is 4.79 Å². The van der Waals surface area contributed by atoms with Crippen LogP contribution in [0.25, 0.3) is 10.2 Å². The average molecular weight is 486 g/mol. The van der Waals surface area contributed by atoms with Crippen LogP contribution in [0.5, 0.6) is 0 Å². The Balaban J connectivity index is 2.33. The lowest BCUT2D eigenvalue weighted by Gasteiger charge is -2.26. The van der Waals surface area contributed by atoms with E-state index in [0.717, 1.165) is 4.90 Å². The molecule has 0 spiro atoms. The summed E-state index contributed by atoms with van der Waals surface area (Å²) in [6, 6.07) is 0. The van der Waals surface area contributed by atoms with Crippen molar-refractivity contribution >= 4 is 33.4 Å². The third-order valence-electron chi connectivity index (χ3n) is 4.79. The maximum atomic E-state index is 14.0. The SMILES string of the molecule is CCn1c(=O)c2c(C(F)(F)F)c(C(=O)N3CCNC(=O)C3)sc2n(CCC(F)(F)F)c1=O. The number of rotatable bonds is 4. The van der Waals surface area contributed by atoms with Crippen LogP contribution in [-0.4, -0.2) is 51.7 Å². The number of alkyl halides is 6. The van der Waals surface area contributed by atoms with E-state index in [1.807, 2.05) is 0 Å². The van der Waals surface area contributed by atoms with Crippen LogP contribution in [0.2, 0.25) is 0 Å². The van der Waals surface area contributed by atoms with Crippen LogP contribution in [0, 0.1) is 0 Å². The zero-order chi connectivity index (χ0) is 24.0. The Kier molecular flexibility index (Phi) is 6.14. The first-order valence-corrected chi connectivity index (χ1v) is 10.1. The highest BCUT2D eigenvalue weighted by Gasteiger charge is 2.43. The van der Waals surface area contributed by atoms with E-state index >= 15 is 0 Å². The Bertz CT molecular complexity index is 1190. The molecule has 32 heavy (non-hydrogen) atoms. The van der Waals surface area contributed by atoms with Crippen molar-refractivity contribution in [2.24, 2.45) is 0 Å². The number of carbonyl (C=O) groups excluding carboxylic acids is 2. The third-order valence-corrected chi connectivity index (χ3v) is 5.99. The molecule has 2 amide bonds. The second-order valence-electron chi connectivity index (χ2n) is 6.91. The zero-order valence-corrected chi connectivity index (χ0v) is 17.2. The van der Waals surface area contributed by atoms with Crippen molar-refractivity contribution in [2.45, 2.75) is 38.8 Å². The van der Waals surface area contributed by atoms with Gasteiger partial charge in [0.2, 0.25) is 5.91 Å². The number of nitrogens with one attached hydrogen (secondary N) is 1. The molecule has 1 saturated heterocycles. The second-order valence-corrected chi connectivity index (χ2v) is 7.91. The highest BCUT2D eigenvalue weighted by Crippen LogP contribution is 2.41. The van der Waals surface area contributed by atoms with E-state index in [4.69, 9.17) is 0 Å². The Morgan fingerprint density at radius 3 is 2.28 bits per heavy atom. The molecule has 176 valence electrons. The van der Waals surface area contributed by atoms with Crippen molar-refractivity contribution < 1.29 is 35.9 Å². The minimum absolute atomic E-state index is 0.00422. The molecular weight excluding hydrogens is 470 g/mol. The maximum absolute atomic E-state index is 14.0. The lowest BCUT2D eigenvalue weighted by atomic mass is 10.1. The van der Waals surface area contributed by atoms with Gasteiger partial charge in [0, 0.05) is 26.2 Å². The first-order chi connectivity index (χ1) is 14.8. The molecule has 8 nitrogen and oxygen atoms in total. The molecule has 0 bridgehead atoms. The number of aryl methyl sites for hydroxylation is 1. The molecule has 0 saturated carbocycles. The summed E-state index contributed by atoms with van der Waals surface area (Å²) in [5, 5.41) is 1.36. The minimum atomic E-state index is -5.22. The van der Waals surface area contributed by atoms with E-state index in [2.05, 4.69) is 5.32 Å². The molecular formula is C17H16F6N4O4S. The van der Waals surface area contributed by atoms with Crippen LogP contribution in [-0.2, 0) is 24.1 Å². The van der Waals surface area contributed by atoms with E-state index in [0.29, 0.717) is 9.13 Å². The number of halogens is 6. The molecule has 0 unspecified atom stereocenters. The molecule has 1 fully saturated rings. The smallest absolute Gasteiger partial charge is 0.353 e. The van der Waals surface area contributed by atoms with Gasteiger partial charge in [-0.2, -0.15) is 26.3 Å². The number of hydrogen-bond acceptors (Lipinski definition) is 5. The Hall–Kier alpha value is -2.84. The molecule has 0 aromatic carbocycles. The Labute approximate surface area is 179 Å². The van der Waals surface area contributed by atoms with E-state index in [9.17, 15) is 45.5 Å². The van der Waals surface area contributed by atoms with Gasteiger partial charge in [-0.1, -0.05) is 0 Å². The largest absolute Gasteiger partial charge is 0.418 e. The van der Waals surface area contributed by atoms with Crippen molar-refractivity contribution in [3.05, 3.63) is 31.3 Å². The molecule has 3 rings (SSSR count). The van der Waals surface area contributed by atoms with Crippen molar-refractivity contribution in [3.8, 4) is 0 Å². The molecule has 15 heteroatoms. The minimum Gasteiger partial charge on any atom is -0.353 e. The summed E-state index contributed by atoms with van der Waals surface area (Å²) < 4.78 is 81.0. The second kappa shape index (κ2) is 8.26. The fourth-order valence-corrected chi connectivity index (χ4v) is 4.65. The van der Waals surface area contributed by atoms with Gasteiger partial charge in [0.1, 0.15) is 9.71 Å². The topological polar surface area (TPSA) is 93.4 Å². The molecule has 1 N–H and O–H groups in total. The molecule has 0 radical (unpaired) electrons. The van der Waals surface area contributed by atoms with Crippen molar-refractivity contribution in [1.29, 1.82) is 0 Å². The van der Waals surface area contributed by atoms with Gasteiger partial charge in [-0.05, 0) is 6.92 Å². The van der Waals surface area contributed by atoms with Gasteiger partial charge < -0.3 is 10.2 Å². The van der Waals surface area contributed by atoms with Crippen molar-refractivity contribution in [3.63, 3.8) is 0 Å². The fraction of sp³-hybridized carbons (Fsp3) is 0.529. The van der Waals surface area contributed by atoms with Crippen LogP contribution in [0.15, 0.2) is 9.59 Å². The number of nitrogens with zero attached hydrogens (tertiary/aromatic N) is 3. The summed E-state index contributed by atoms with van der Waals surface area (Å²) in [4.78, 5) is 48.9. The van der Waals surface area contributed by atoms with Crippen LogP contribution in [0.1, 0.15) is 28.6 Å². The van der Waals surface area contributed by atoms with E-state index in [1.54, 1.807) is 0 Å². The highest BCUT2D eigenvalue weighted by atomic mass is 32.1. The summed E-state index contributed by atoms with van der Waals surface area (Å²) in [5.74, 6) is -1.81. The van der Waals surface area contributed by atoms with Gasteiger partial charge in [0.15, 0.2) is 0 Å². The predicted molar refractivity (Wildman–Crippen MR) is 101 cm³/mol. The predicted octanol–water partition coefficient (Wildman–Crippen LogP) is 1.79. The quantitative estimate of drug-likeness (QED) is 0.667. The third kappa shape index (κ3) is 4.38. The summed E-state index contributed by atoms with van der Waals surface area (Å²) in [5.41, 5.74) is -4.18. The number of aromatic nitrogens is 2. The van der Waals surface area contributed by atoms with Gasteiger partial charge in [0.25, 0.3) is 11.5 Å². The first kappa shape index (κ1) is 23.8. The van der Waals surface area contributed by atoms with E-state index in [1.165, 1.54) is 6.92 Å².